The molecule has 2 unspecified atom stereocenters. The molecule has 0 aliphatic rings. The molecule has 0 radical (unpaired) electrons. The highest BCUT2D eigenvalue weighted by Crippen LogP contribution is 2.15. The lowest BCUT2D eigenvalue weighted by atomic mass is 10.0. The van der Waals surface area contributed by atoms with Crippen LogP contribution in [0.5, 0.6) is 0 Å². The van der Waals surface area contributed by atoms with Crippen LogP contribution >= 0.6 is 0 Å². The molecule has 0 spiro atoms. The number of likely N-dealkylation sites (N-methyl/N-ethyl adjacent to an activating group) is 1. The molecule has 0 fully saturated rings. The largest absolute Gasteiger partial charge is 0.544 e. The molecule has 0 saturated heterocycles. The summed E-state index contributed by atoms with van der Waals surface area (Å²) in [7, 11) is 5.41. The monoisotopic (exact) mass is 816 g/mol. The van der Waals surface area contributed by atoms with Gasteiger partial charge in [-0.1, -0.05) is 178 Å². The van der Waals surface area contributed by atoms with Crippen LogP contribution in [0.2, 0.25) is 0 Å². The van der Waals surface area contributed by atoms with E-state index in [1.54, 1.807) is 21.1 Å². The van der Waals surface area contributed by atoms with E-state index in [-0.39, 0.29) is 42.7 Å². The van der Waals surface area contributed by atoms with Crippen molar-refractivity contribution in [3.63, 3.8) is 0 Å². The van der Waals surface area contributed by atoms with Crippen molar-refractivity contribution in [3.05, 3.63) is 48.6 Å². The maximum atomic E-state index is 12.7. The Kier molecular flexibility index (Phi) is 39.1. The number of quaternary nitrogens is 1. The minimum absolute atomic E-state index is 0.0397. The molecule has 0 aromatic rings. The van der Waals surface area contributed by atoms with Crippen molar-refractivity contribution in [2.45, 2.75) is 212 Å². The fourth-order valence-corrected chi connectivity index (χ4v) is 6.83. The number of allylic oxidation sites excluding steroid dienone is 8. The molecule has 0 aliphatic carbocycles. The minimum Gasteiger partial charge on any atom is -0.544 e. The van der Waals surface area contributed by atoms with Crippen LogP contribution in [0.25, 0.3) is 0 Å². The molecular weight excluding hydrogens is 727 g/mol. The van der Waals surface area contributed by atoms with E-state index in [1.807, 2.05) is 0 Å². The normalized spacial score (nSPS) is 13.3. The molecule has 0 heterocycles. The lowest BCUT2D eigenvalue weighted by molar-refractivity contribution is -0.889. The average Bonchev–Trinajstić information content (AvgIpc) is 3.18. The second-order valence-electron chi connectivity index (χ2n) is 17.0. The predicted molar refractivity (Wildman–Crippen MR) is 240 cm³/mol. The van der Waals surface area contributed by atoms with Gasteiger partial charge in [0, 0.05) is 19.3 Å². The summed E-state index contributed by atoms with van der Waals surface area (Å²) >= 11 is 0. The Hall–Kier alpha value is -2.71. The van der Waals surface area contributed by atoms with E-state index in [1.165, 1.54) is 96.3 Å². The van der Waals surface area contributed by atoms with Crippen molar-refractivity contribution in [1.29, 1.82) is 0 Å². The van der Waals surface area contributed by atoms with E-state index in [9.17, 15) is 19.5 Å². The maximum absolute atomic E-state index is 12.7. The van der Waals surface area contributed by atoms with E-state index in [2.05, 4.69) is 62.5 Å². The van der Waals surface area contributed by atoms with Crippen LogP contribution in [-0.2, 0) is 28.6 Å². The fourth-order valence-electron chi connectivity index (χ4n) is 6.83. The summed E-state index contributed by atoms with van der Waals surface area (Å²) in [6.07, 6.45) is 48.5. The molecule has 0 aliphatic heterocycles. The first-order valence-corrected chi connectivity index (χ1v) is 23.7. The molecule has 336 valence electrons. The van der Waals surface area contributed by atoms with E-state index >= 15 is 0 Å². The quantitative estimate of drug-likeness (QED) is 0.0262. The Morgan fingerprint density at radius 2 is 0.966 bits per heavy atom. The summed E-state index contributed by atoms with van der Waals surface area (Å²) in [5.74, 6) is -1.74. The SMILES string of the molecule is CC/C=C/C/C=C/C/C=C/C/C=C/CCCCCCCCCCCC(=O)OC(COCCC(C(=O)[O-])[N+](C)(C)C)COC(=O)CCCCCCCCCCCCCC. The standard InChI is InChI=1S/C50H89NO7/c1-6-8-10-12-14-16-18-20-21-22-23-24-25-26-27-28-29-31-33-35-37-39-41-49(53)58-46(44-56-43-42-47(50(54)55)51(3,4)5)45-57-48(52)40-38-36-34-32-30-19-17-15-13-11-9-7-2/h8,10,14,16,20-21,23-24,46-47H,6-7,9,11-13,15,17-19,22,25-45H2,1-5H3/b10-8+,16-14+,21-20+,24-23+. The van der Waals surface area contributed by atoms with Crippen molar-refractivity contribution in [1.82, 2.24) is 0 Å². The number of esters is 2. The minimum atomic E-state index is -1.13. The number of nitrogens with zero attached hydrogens (tertiary/aromatic N) is 1. The molecule has 0 aromatic carbocycles. The zero-order valence-corrected chi connectivity index (χ0v) is 38.2. The molecule has 8 heteroatoms. The Labute approximate surface area is 356 Å². The lowest BCUT2D eigenvalue weighted by Crippen LogP contribution is -2.55. The second-order valence-corrected chi connectivity index (χ2v) is 17.0. The van der Waals surface area contributed by atoms with E-state index in [0.717, 1.165) is 70.6 Å². The van der Waals surface area contributed by atoms with Gasteiger partial charge in [0.1, 0.15) is 12.6 Å². The van der Waals surface area contributed by atoms with Gasteiger partial charge in [-0.3, -0.25) is 9.59 Å². The van der Waals surface area contributed by atoms with Crippen LogP contribution in [0.1, 0.15) is 200 Å². The molecule has 0 aromatic heterocycles. The van der Waals surface area contributed by atoms with Crippen molar-refractivity contribution >= 4 is 17.9 Å². The molecule has 0 bridgehead atoms. The van der Waals surface area contributed by atoms with Gasteiger partial charge < -0.3 is 28.6 Å². The topological polar surface area (TPSA) is 102 Å². The van der Waals surface area contributed by atoms with Crippen LogP contribution in [0, 0.1) is 0 Å². The molecule has 2 atom stereocenters. The number of ether oxygens (including phenoxy) is 3. The van der Waals surface area contributed by atoms with Crippen molar-refractivity contribution in [2.24, 2.45) is 0 Å². The Morgan fingerprint density at radius 1 is 0.534 bits per heavy atom. The first-order valence-electron chi connectivity index (χ1n) is 23.7. The summed E-state index contributed by atoms with van der Waals surface area (Å²) in [4.78, 5) is 36.9. The zero-order valence-electron chi connectivity index (χ0n) is 38.2. The van der Waals surface area contributed by atoms with Gasteiger partial charge in [-0.25, -0.2) is 0 Å². The van der Waals surface area contributed by atoms with E-state index in [0.29, 0.717) is 12.8 Å². The third-order valence-electron chi connectivity index (χ3n) is 10.5. The molecular formula is C50H89NO7. The van der Waals surface area contributed by atoms with Crippen molar-refractivity contribution < 1.29 is 38.2 Å². The van der Waals surface area contributed by atoms with E-state index in [4.69, 9.17) is 14.2 Å². The number of hydrogen-bond donors (Lipinski definition) is 0. The van der Waals surface area contributed by atoms with Gasteiger partial charge in [0.15, 0.2) is 6.10 Å². The molecule has 8 nitrogen and oxygen atoms in total. The number of carboxylic acid groups (broad SMARTS) is 1. The third-order valence-corrected chi connectivity index (χ3v) is 10.5. The summed E-state index contributed by atoms with van der Waals surface area (Å²) in [5, 5.41) is 11.6. The average molecular weight is 816 g/mol. The Balaban J connectivity index is 4.26. The van der Waals surface area contributed by atoms with Gasteiger partial charge in [-0.2, -0.15) is 0 Å². The number of carbonyl (C=O) groups is 3. The summed E-state index contributed by atoms with van der Waals surface area (Å²) in [6.45, 7) is 4.55. The first kappa shape index (κ1) is 55.3. The Morgan fingerprint density at radius 3 is 1.43 bits per heavy atom. The molecule has 0 N–H and O–H groups in total. The lowest BCUT2D eigenvalue weighted by Gasteiger charge is -2.34. The van der Waals surface area contributed by atoms with Gasteiger partial charge in [-0.05, 0) is 51.4 Å². The van der Waals surface area contributed by atoms with Crippen LogP contribution in [-0.4, -0.2) is 75.5 Å². The predicted octanol–water partition coefficient (Wildman–Crippen LogP) is 11.9. The number of rotatable bonds is 42. The molecule has 0 saturated carbocycles. The molecule has 0 amide bonds. The Bertz CT molecular complexity index is 1090. The van der Waals surface area contributed by atoms with Crippen LogP contribution in [0.4, 0.5) is 0 Å². The third kappa shape index (κ3) is 38.8. The highest BCUT2D eigenvalue weighted by molar-refractivity contribution is 5.70. The molecule has 0 rings (SSSR count). The van der Waals surface area contributed by atoms with Gasteiger partial charge in [0.2, 0.25) is 0 Å². The van der Waals surface area contributed by atoms with Gasteiger partial charge >= 0.3 is 11.9 Å². The second kappa shape index (κ2) is 41.0. The highest BCUT2D eigenvalue weighted by atomic mass is 16.6. The summed E-state index contributed by atoms with van der Waals surface area (Å²) < 4.78 is 17.2. The number of carbonyl (C=O) groups excluding carboxylic acids is 3. The van der Waals surface area contributed by atoms with Gasteiger partial charge in [-0.15, -0.1) is 0 Å². The van der Waals surface area contributed by atoms with Crippen molar-refractivity contribution in [3.8, 4) is 0 Å². The number of aliphatic carboxylic acids is 1. The number of hydrogen-bond acceptors (Lipinski definition) is 7. The fraction of sp³-hybridized carbons (Fsp3) is 0.780. The molecule has 58 heavy (non-hydrogen) atoms. The van der Waals surface area contributed by atoms with Crippen LogP contribution in [0.3, 0.4) is 0 Å². The number of carboxylic acids is 1. The number of unbranched alkanes of at least 4 members (excludes halogenated alkanes) is 20. The summed E-state index contributed by atoms with van der Waals surface area (Å²) in [5.41, 5.74) is 0. The maximum Gasteiger partial charge on any atom is 0.306 e. The smallest absolute Gasteiger partial charge is 0.306 e. The van der Waals surface area contributed by atoms with Crippen LogP contribution < -0.4 is 5.11 Å². The van der Waals surface area contributed by atoms with Crippen LogP contribution in [0.15, 0.2) is 48.6 Å². The van der Waals surface area contributed by atoms with Gasteiger partial charge in [0.25, 0.3) is 0 Å². The first-order chi connectivity index (χ1) is 28.1. The van der Waals surface area contributed by atoms with E-state index < -0.39 is 18.1 Å². The van der Waals surface area contributed by atoms with Crippen molar-refractivity contribution in [2.75, 3.05) is 41.0 Å². The zero-order chi connectivity index (χ0) is 42.8. The summed E-state index contributed by atoms with van der Waals surface area (Å²) in [6, 6.07) is -0.726. The highest BCUT2D eigenvalue weighted by Gasteiger charge is 2.25. The van der Waals surface area contributed by atoms with Gasteiger partial charge in [0.05, 0.1) is 40.3 Å².